The zero-order valence-electron chi connectivity index (χ0n) is 15.7. The molecule has 1 heterocycles. The van der Waals surface area contributed by atoms with Gasteiger partial charge in [0.05, 0.1) is 12.2 Å². The highest BCUT2D eigenvalue weighted by atomic mass is 32.1. The fourth-order valence-corrected chi connectivity index (χ4v) is 4.57. The van der Waals surface area contributed by atoms with E-state index >= 15 is 0 Å². The van der Waals surface area contributed by atoms with Crippen molar-refractivity contribution in [3.63, 3.8) is 0 Å². The van der Waals surface area contributed by atoms with Crippen LogP contribution in [0.1, 0.15) is 47.5 Å². The molecule has 1 aromatic heterocycles. The third kappa shape index (κ3) is 4.89. The molecule has 144 valence electrons. The van der Waals surface area contributed by atoms with Gasteiger partial charge in [-0.05, 0) is 49.3 Å². The van der Waals surface area contributed by atoms with E-state index in [1.165, 1.54) is 16.2 Å². The summed E-state index contributed by atoms with van der Waals surface area (Å²) >= 11 is 1.49. The Morgan fingerprint density at radius 1 is 1.26 bits per heavy atom. The zero-order valence-corrected chi connectivity index (χ0v) is 16.6. The molecule has 3 rings (SSSR count). The highest BCUT2D eigenvalue weighted by molar-refractivity contribution is 7.17. The number of para-hydroxylation sites is 1. The second-order valence-electron chi connectivity index (χ2n) is 6.84. The van der Waals surface area contributed by atoms with Crippen molar-refractivity contribution in [2.75, 3.05) is 18.5 Å². The SMILES string of the molecule is CCCOC(=O)c1c(NC(=O)COc2ccccc2)sc2c1CCC(C)C2. The lowest BCUT2D eigenvalue weighted by molar-refractivity contribution is -0.118. The molecule has 2 aromatic rings. The lowest BCUT2D eigenvalue weighted by Crippen LogP contribution is -2.21. The topological polar surface area (TPSA) is 64.6 Å². The first kappa shape index (κ1) is 19.4. The first-order valence-electron chi connectivity index (χ1n) is 9.37. The molecule has 1 amide bonds. The summed E-state index contributed by atoms with van der Waals surface area (Å²) < 4.78 is 10.9. The zero-order chi connectivity index (χ0) is 19.2. The lowest BCUT2D eigenvalue weighted by atomic mass is 9.88. The molecule has 1 unspecified atom stereocenters. The molecule has 0 bridgehead atoms. The fraction of sp³-hybridized carbons (Fsp3) is 0.429. The van der Waals surface area contributed by atoms with Crippen molar-refractivity contribution in [1.82, 2.24) is 0 Å². The third-order valence-corrected chi connectivity index (χ3v) is 5.69. The van der Waals surface area contributed by atoms with Gasteiger partial charge in [0.15, 0.2) is 6.61 Å². The Kier molecular flexibility index (Phi) is 6.50. The highest BCUT2D eigenvalue weighted by Gasteiger charge is 2.29. The smallest absolute Gasteiger partial charge is 0.341 e. The van der Waals surface area contributed by atoms with Crippen molar-refractivity contribution in [3.05, 3.63) is 46.3 Å². The summed E-state index contributed by atoms with van der Waals surface area (Å²) in [4.78, 5) is 26.1. The Bertz CT molecular complexity index is 800. The molecule has 1 aliphatic rings. The minimum Gasteiger partial charge on any atom is -0.484 e. The number of ether oxygens (including phenoxy) is 2. The van der Waals surface area contributed by atoms with Gasteiger partial charge in [0.1, 0.15) is 10.8 Å². The molecule has 1 aliphatic carbocycles. The molecule has 1 aromatic carbocycles. The van der Waals surface area contributed by atoms with E-state index in [0.717, 1.165) is 31.2 Å². The molecule has 0 radical (unpaired) electrons. The quantitative estimate of drug-likeness (QED) is 0.713. The van der Waals surface area contributed by atoms with Gasteiger partial charge in [-0.2, -0.15) is 0 Å². The minimum absolute atomic E-state index is 0.105. The average Bonchev–Trinajstić information content (AvgIpc) is 3.02. The van der Waals surface area contributed by atoms with E-state index in [-0.39, 0.29) is 18.5 Å². The molecular weight excluding hydrogens is 362 g/mol. The Morgan fingerprint density at radius 2 is 2.04 bits per heavy atom. The standard InChI is InChI=1S/C21H25NO4S/c1-3-11-25-21(24)19-16-10-9-14(2)12-17(16)27-20(19)22-18(23)13-26-15-7-5-4-6-8-15/h4-8,14H,3,9-13H2,1-2H3,(H,22,23). The first-order chi connectivity index (χ1) is 13.1. The van der Waals surface area contributed by atoms with E-state index in [4.69, 9.17) is 9.47 Å². The van der Waals surface area contributed by atoms with Crippen molar-refractivity contribution in [2.45, 2.75) is 39.5 Å². The number of thiophene rings is 1. The van der Waals surface area contributed by atoms with Crippen LogP contribution in [0.4, 0.5) is 5.00 Å². The first-order valence-corrected chi connectivity index (χ1v) is 10.2. The van der Waals surface area contributed by atoms with Crippen LogP contribution in [0.25, 0.3) is 0 Å². The number of esters is 1. The molecule has 6 heteroatoms. The van der Waals surface area contributed by atoms with Gasteiger partial charge in [-0.15, -0.1) is 11.3 Å². The van der Waals surface area contributed by atoms with Crippen LogP contribution < -0.4 is 10.1 Å². The number of rotatable bonds is 7. The van der Waals surface area contributed by atoms with Gasteiger partial charge in [-0.25, -0.2) is 4.79 Å². The van der Waals surface area contributed by atoms with Gasteiger partial charge in [0, 0.05) is 4.88 Å². The maximum atomic E-state index is 12.6. The Hall–Kier alpha value is -2.34. The van der Waals surface area contributed by atoms with E-state index in [1.807, 2.05) is 25.1 Å². The maximum absolute atomic E-state index is 12.6. The maximum Gasteiger partial charge on any atom is 0.341 e. The summed E-state index contributed by atoms with van der Waals surface area (Å²) in [5.41, 5.74) is 1.57. The van der Waals surface area contributed by atoms with Gasteiger partial charge < -0.3 is 14.8 Å². The van der Waals surface area contributed by atoms with Crippen LogP contribution in [0.15, 0.2) is 30.3 Å². The third-order valence-electron chi connectivity index (χ3n) is 4.52. The minimum atomic E-state index is -0.344. The summed E-state index contributed by atoms with van der Waals surface area (Å²) in [5, 5.41) is 3.44. The van der Waals surface area contributed by atoms with Gasteiger partial charge in [-0.3, -0.25) is 4.79 Å². The largest absolute Gasteiger partial charge is 0.484 e. The number of benzene rings is 1. The van der Waals surface area contributed by atoms with Crippen molar-refractivity contribution in [2.24, 2.45) is 5.92 Å². The van der Waals surface area contributed by atoms with Crippen LogP contribution in [-0.4, -0.2) is 25.1 Å². The number of nitrogens with one attached hydrogen (secondary N) is 1. The average molecular weight is 388 g/mol. The van der Waals surface area contributed by atoms with Crippen LogP contribution in [0.2, 0.25) is 0 Å². The molecular formula is C21H25NO4S. The Morgan fingerprint density at radius 3 is 2.78 bits per heavy atom. The number of hydrogen-bond acceptors (Lipinski definition) is 5. The number of anilines is 1. The van der Waals surface area contributed by atoms with E-state index in [0.29, 0.717) is 28.8 Å². The number of hydrogen-bond donors (Lipinski definition) is 1. The second-order valence-corrected chi connectivity index (χ2v) is 7.95. The molecule has 1 N–H and O–H groups in total. The summed E-state index contributed by atoms with van der Waals surface area (Å²) in [7, 11) is 0. The second kappa shape index (κ2) is 9.04. The summed E-state index contributed by atoms with van der Waals surface area (Å²) in [6.45, 7) is 4.45. The van der Waals surface area contributed by atoms with Crippen LogP contribution in [0.3, 0.4) is 0 Å². The molecule has 0 aliphatic heterocycles. The normalized spacial score (nSPS) is 15.7. The molecule has 0 saturated heterocycles. The Labute approximate surface area is 163 Å². The number of fused-ring (bicyclic) bond motifs is 1. The van der Waals surface area contributed by atoms with E-state index in [1.54, 1.807) is 12.1 Å². The van der Waals surface area contributed by atoms with Gasteiger partial charge in [0.25, 0.3) is 5.91 Å². The molecule has 5 nitrogen and oxygen atoms in total. The van der Waals surface area contributed by atoms with Crippen LogP contribution >= 0.6 is 11.3 Å². The van der Waals surface area contributed by atoms with Gasteiger partial charge in [-0.1, -0.05) is 32.0 Å². The van der Waals surface area contributed by atoms with Crippen LogP contribution in [0, 0.1) is 5.92 Å². The number of amides is 1. The molecule has 0 fully saturated rings. The van der Waals surface area contributed by atoms with E-state index < -0.39 is 0 Å². The van der Waals surface area contributed by atoms with Crippen LogP contribution in [0.5, 0.6) is 5.75 Å². The van der Waals surface area contributed by atoms with Gasteiger partial charge >= 0.3 is 5.97 Å². The van der Waals surface area contributed by atoms with E-state index in [9.17, 15) is 9.59 Å². The van der Waals surface area contributed by atoms with Crippen molar-refractivity contribution >= 4 is 28.2 Å². The van der Waals surface area contributed by atoms with Crippen molar-refractivity contribution < 1.29 is 19.1 Å². The molecule has 0 spiro atoms. The van der Waals surface area contributed by atoms with Gasteiger partial charge in [0.2, 0.25) is 0 Å². The number of carbonyl (C=O) groups is 2. The summed E-state index contributed by atoms with van der Waals surface area (Å²) in [6.07, 6.45) is 3.59. The predicted molar refractivity (Wildman–Crippen MR) is 107 cm³/mol. The monoisotopic (exact) mass is 387 g/mol. The van der Waals surface area contributed by atoms with Crippen LogP contribution in [-0.2, 0) is 22.4 Å². The molecule has 27 heavy (non-hydrogen) atoms. The summed E-state index contributed by atoms with van der Waals surface area (Å²) in [6, 6.07) is 9.18. The van der Waals surface area contributed by atoms with Crippen molar-refractivity contribution in [3.8, 4) is 5.75 Å². The molecule has 0 saturated carbocycles. The van der Waals surface area contributed by atoms with Crippen molar-refractivity contribution in [1.29, 1.82) is 0 Å². The summed E-state index contributed by atoms with van der Waals surface area (Å²) in [5.74, 6) is 0.591. The number of carbonyl (C=O) groups excluding carboxylic acids is 2. The molecule has 1 atom stereocenters. The fourth-order valence-electron chi connectivity index (χ4n) is 3.15. The predicted octanol–water partition coefficient (Wildman–Crippen LogP) is 4.46. The van der Waals surface area contributed by atoms with E-state index in [2.05, 4.69) is 12.2 Å². The highest BCUT2D eigenvalue weighted by Crippen LogP contribution is 2.40. The Balaban J connectivity index is 1.75. The lowest BCUT2D eigenvalue weighted by Gasteiger charge is -2.18.